The lowest BCUT2D eigenvalue weighted by Gasteiger charge is -2.07. The first kappa shape index (κ1) is 17.5. The monoisotopic (exact) mass is 356 g/mol. The van der Waals surface area contributed by atoms with E-state index in [0.717, 1.165) is 0 Å². The van der Waals surface area contributed by atoms with Crippen LogP contribution in [0, 0.1) is 13.8 Å². The third-order valence-corrected chi connectivity index (χ3v) is 3.71. The number of ether oxygens (including phenoxy) is 2. The lowest BCUT2D eigenvalue weighted by Crippen LogP contribution is -2.08. The maximum atomic E-state index is 12.9. The topological polar surface area (TPSA) is 96.0 Å². The number of carbonyl (C=O) groups excluding carboxylic acids is 2. The van der Waals surface area contributed by atoms with Crippen LogP contribution in [0.4, 0.5) is 0 Å². The molecule has 0 amide bonds. The fraction of sp³-hybridized carbons (Fsp3) is 0.211. The van der Waals surface area contributed by atoms with Gasteiger partial charge < -0.3 is 18.3 Å². The quantitative estimate of drug-likeness (QED) is 0.523. The molecule has 0 aliphatic heterocycles. The number of carbonyl (C=O) groups is 2. The minimum atomic E-state index is -0.523. The second-order valence-electron chi connectivity index (χ2n) is 5.74. The standard InChI is InChI=1S/C19H16O7/c1-9-15(8-17(24-9)26-12(4)21)18-10(2)23-16-7-13(25-11(3)20)5-6-14(16)19(18)22/h5-8H,1-4H3. The molecule has 1 aromatic carbocycles. The Kier molecular flexibility index (Phi) is 4.38. The molecular formula is C19H16O7. The van der Waals surface area contributed by atoms with Gasteiger partial charge in [-0.3, -0.25) is 14.4 Å². The van der Waals surface area contributed by atoms with Gasteiger partial charge in [0.25, 0.3) is 5.95 Å². The molecule has 0 saturated carbocycles. The van der Waals surface area contributed by atoms with E-state index in [1.807, 2.05) is 0 Å². The van der Waals surface area contributed by atoms with Crippen LogP contribution in [-0.4, -0.2) is 11.9 Å². The molecule has 3 rings (SSSR count). The van der Waals surface area contributed by atoms with E-state index in [0.29, 0.717) is 33.6 Å². The number of esters is 2. The van der Waals surface area contributed by atoms with Crippen LogP contribution in [0.5, 0.6) is 11.7 Å². The highest BCUT2D eigenvalue weighted by Crippen LogP contribution is 2.33. The zero-order valence-electron chi connectivity index (χ0n) is 14.7. The number of hydrogen-bond donors (Lipinski definition) is 0. The minimum Gasteiger partial charge on any atom is -0.460 e. The molecule has 7 heteroatoms. The third-order valence-electron chi connectivity index (χ3n) is 3.71. The smallest absolute Gasteiger partial charge is 0.310 e. The molecule has 2 heterocycles. The highest BCUT2D eigenvalue weighted by Gasteiger charge is 2.20. The van der Waals surface area contributed by atoms with Crippen LogP contribution in [0.2, 0.25) is 0 Å². The number of furan rings is 1. The molecule has 0 bridgehead atoms. The first-order valence-electron chi connectivity index (χ1n) is 7.81. The number of fused-ring (bicyclic) bond motifs is 1. The van der Waals surface area contributed by atoms with Crippen LogP contribution >= 0.6 is 0 Å². The van der Waals surface area contributed by atoms with Crippen LogP contribution < -0.4 is 14.9 Å². The van der Waals surface area contributed by atoms with Gasteiger partial charge in [0.05, 0.1) is 10.9 Å². The van der Waals surface area contributed by atoms with Crippen LogP contribution in [0.3, 0.4) is 0 Å². The van der Waals surface area contributed by atoms with Crippen molar-refractivity contribution in [2.24, 2.45) is 0 Å². The van der Waals surface area contributed by atoms with Gasteiger partial charge in [-0.25, -0.2) is 0 Å². The predicted octanol–water partition coefficient (Wildman–Crippen LogP) is 3.52. The summed E-state index contributed by atoms with van der Waals surface area (Å²) >= 11 is 0. The molecular weight excluding hydrogens is 340 g/mol. The van der Waals surface area contributed by atoms with E-state index in [1.54, 1.807) is 13.8 Å². The summed E-state index contributed by atoms with van der Waals surface area (Å²) in [6.45, 7) is 5.85. The van der Waals surface area contributed by atoms with E-state index in [2.05, 4.69) is 0 Å². The number of rotatable bonds is 3. The summed E-state index contributed by atoms with van der Waals surface area (Å²) in [4.78, 5) is 35.1. The van der Waals surface area contributed by atoms with Gasteiger partial charge >= 0.3 is 11.9 Å². The summed E-state index contributed by atoms with van der Waals surface area (Å²) in [5, 5.41) is 0.330. The minimum absolute atomic E-state index is 0.00843. The highest BCUT2D eigenvalue weighted by atomic mass is 16.6. The van der Waals surface area contributed by atoms with Crippen molar-refractivity contribution in [3.05, 3.63) is 46.0 Å². The number of benzene rings is 1. The van der Waals surface area contributed by atoms with Crippen molar-refractivity contribution in [3.63, 3.8) is 0 Å². The fourth-order valence-electron chi connectivity index (χ4n) is 2.72. The molecule has 0 atom stereocenters. The van der Waals surface area contributed by atoms with Gasteiger partial charge in [0.15, 0.2) is 0 Å². The molecule has 2 aromatic heterocycles. The van der Waals surface area contributed by atoms with E-state index < -0.39 is 11.9 Å². The second kappa shape index (κ2) is 6.51. The van der Waals surface area contributed by atoms with Gasteiger partial charge in [-0.05, 0) is 26.0 Å². The van der Waals surface area contributed by atoms with Crippen molar-refractivity contribution < 1.29 is 27.9 Å². The van der Waals surface area contributed by atoms with Crippen molar-refractivity contribution in [3.8, 4) is 22.8 Å². The molecule has 0 unspecified atom stereocenters. The van der Waals surface area contributed by atoms with Gasteiger partial charge in [-0.2, -0.15) is 0 Å². The fourth-order valence-corrected chi connectivity index (χ4v) is 2.72. The van der Waals surface area contributed by atoms with Crippen molar-refractivity contribution in [2.45, 2.75) is 27.7 Å². The molecule has 0 radical (unpaired) electrons. The Morgan fingerprint density at radius 3 is 2.27 bits per heavy atom. The van der Waals surface area contributed by atoms with E-state index in [4.69, 9.17) is 18.3 Å². The Bertz CT molecular complexity index is 1090. The van der Waals surface area contributed by atoms with Crippen molar-refractivity contribution >= 4 is 22.9 Å². The van der Waals surface area contributed by atoms with Gasteiger partial charge in [0, 0.05) is 31.5 Å². The average molecular weight is 356 g/mol. The summed E-state index contributed by atoms with van der Waals surface area (Å²) in [5.74, 6) is 0.0944. The number of aryl methyl sites for hydroxylation is 2. The molecule has 0 aliphatic rings. The Labute approximate surface area is 148 Å². The third kappa shape index (κ3) is 3.23. The Morgan fingerprint density at radius 2 is 1.62 bits per heavy atom. The summed E-state index contributed by atoms with van der Waals surface area (Å²) in [6, 6.07) is 6.02. The van der Waals surface area contributed by atoms with E-state index in [1.165, 1.54) is 38.1 Å². The van der Waals surface area contributed by atoms with Crippen LogP contribution in [0.25, 0.3) is 22.1 Å². The Balaban J connectivity index is 2.16. The van der Waals surface area contributed by atoms with Crippen LogP contribution in [0.15, 0.2) is 37.9 Å². The SMILES string of the molecule is CC(=O)Oc1ccc2c(=O)c(-c3cc(OC(C)=O)oc3C)c(C)oc2c1. The first-order valence-corrected chi connectivity index (χ1v) is 7.81. The molecule has 26 heavy (non-hydrogen) atoms. The van der Waals surface area contributed by atoms with E-state index >= 15 is 0 Å². The molecule has 0 aliphatic carbocycles. The van der Waals surface area contributed by atoms with Crippen molar-refractivity contribution in [1.29, 1.82) is 0 Å². The Morgan fingerprint density at radius 1 is 0.923 bits per heavy atom. The van der Waals surface area contributed by atoms with Crippen LogP contribution in [0.1, 0.15) is 25.4 Å². The van der Waals surface area contributed by atoms with Gasteiger partial charge in [0.1, 0.15) is 22.9 Å². The maximum Gasteiger partial charge on any atom is 0.310 e. The van der Waals surface area contributed by atoms with E-state index in [9.17, 15) is 14.4 Å². The van der Waals surface area contributed by atoms with Gasteiger partial charge in [0.2, 0.25) is 5.43 Å². The summed E-state index contributed by atoms with van der Waals surface area (Å²) in [7, 11) is 0. The molecule has 0 spiro atoms. The average Bonchev–Trinajstić information content (AvgIpc) is 2.85. The van der Waals surface area contributed by atoms with E-state index in [-0.39, 0.29) is 17.1 Å². The summed E-state index contributed by atoms with van der Waals surface area (Å²) in [5.41, 5.74) is 0.837. The van der Waals surface area contributed by atoms with Crippen molar-refractivity contribution in [2.75, 3.05) is 0 Å². The van der Waals surface area contributed by atoms with Gasteiger partial charge in [-0.1, -0.05) is 0 Å². The van der Waals surface area contributed by atoms with Gasteiger partial charge in [-0.15, -0.1) is 0 Å². The molecule has 3 aromatic rings. The number of hydrogen-bond acceptors (Lipinski definition) is 7. The summed E-state index contributed by atoms with van der Waals surface area (Å²) < 4.78 is 21.1. The van der Waals surface area contributed by atoms with Crippen LogP contribution in [-0.2, 0) is 9.59 Å². The predicted molar refractivity (Wildman–Crippen MR) is 92.3 cm³/mol. The first-order chi connectivity index (χ1) is 12.3. The normalized spacial score (nSPS) is 10.8. The largest absolute Gasteiger partial charge is 0.460 e. The highest BCUT2D eigenvalue weighted by molar-refractivity contribution is 5.85. The lowest BCUT2D eigenvalue weighted by molar-refractivity contribution is -0.133. The lowest BCUT2D eigenvalue weighted by atomic mass is 10.0. The van der Waals surface area contributed by atoms with Crippen molar-refractivity contribution in [1.82, 2.24) is 0 Å². The molecule has 134 valence electrons. The summed E-state index contributed by atoms with van der Waals surface area (Å²) in [6.07, 6.45) is 0. The molecule has 7 nitrogen and oxygen atoms in total. The maximum absolute atomic E-state index is 12.9. The molecule has 0 fully saturated rings. The second-order valence-corrected chi connectivity index (χ2v) is 5.74. The Hall–Kier alpha value is -3.35. The molecule has 0 N–H and O–H groups in total. The zero-order valence-corrected chi connectivity index (χ0v) is 14.7. The zero-order chi connectivity index (χ0) is 19.0. The molecule has 0 saturated heterocycles.